The molecule has 7 nitrogen and oxygen atoms in total. The predicted molar refractivity (Wildman–Crippen MR) is 115 cm³/mol. The predicted octanol–water partition coefficient (Wildman–Crippen LogP) is 2.98. The topological polar surface area (TPSA) is 73.3 Å². The molecular weight excluding hydrogens is 370 g/mol. The molecule has 0 heterocycles. The minimum atomic E-state index is 0.530. The second-order valence-electron chi connectivity index (χ2n) is 6.22. The Kier molecular flexibility index (Phi) is 9.65. The van der Waals surface area contributed by atoms with Crippen molar-refractivity contribution < 1.29 is 18.9 Å². The highest BCUT2D eigenvalue weighted by Gasteiger charge is 2.05. The van der Waals surface area contributed by atoms with Crippen LogP contribution in [0.25, 0.3) is 0 Å². The van der Waals surface area contributed by atoms with Crippen LogP contribution in [0.15, 0.2) is 47.5 Å². The van der Waals surface area contributed by atoms with E-state index in [-0.39, 0.29) is 0 Å². The van der Waals surface area contributed by atoms with Crippen molar-refractivity contribution in [3.05, 3.63) is 53.6 Å². The van der Waals surface area contributed by atoms with Crippen LogP contribution in [0.3, 0.4) is 0 Å². The van der Waals surface area contributed by atoms with Crippen LogP contribution in [0.2, 0.25) is 0 Å². The fraction of sp³-hybridized carbons (Fsp3) is 0.409. The number of nitrogens with one attached hydrogen (secondary N) is 2. The van der Waals surface area contributed by atoms with Crippen LogP contribution in [-0.4, -0.2) is 47.0 Å². The molecule has 0 unspecified atom stereocenters. The fourth-order valence-corrected chi connectivity index (χ4v) is 2.62. The third kappa shape index (κ3) is 7.54. The van der Waals surface area contributed by atoms with Crippen molar-refractivity contribution in [3.63, 3.8) is 0 Å². The summed E-state index contributed by atoms with van der Waals surface area (Å²) in [5, 5.41) is 6.62. The first kappa shape index (κ1) is 22.4. The van der Waals surface area contributed by atoms with E-state index in [9.17, 15) is 0 Å². The van der Waals surface area contributed by atoms with E-state index < -0.39 is 0 Å². The van der Waals surface area contributed by atoms with E-state index in [0.29, 0.717) is 37.8 Å². The van der Waals surface area contributed by atoms with Gasteiger partial charge in [-0.05, 0) is 42.3 Å². The minimum Gasteiger partial charge on any atom is -0.493 e. The zero-order valence-electron chi connectivity index (χ0n) is 17.7. The summed E-state index contributed by atoms with van der Waals surface area (Å²) in [5.74, 6) is 2.99. The highest BCUT2D eigenvalue weighted by atomic mass is 16.5. The number of hydrogen-bond donors (Lipinski definition) is 2. The minimum absolute atomic E-state index is 0.530. The third-order valence-electron chi connectivity index (χ3n) is 4.15. The first-order valence-corrected chi connectivity index (χ1v) is 9.64. The lowest BCUT2D eigenvalue weighted by atomic mass is 10.2. The summed E-state index contributed by atoms with van der Waals surface area (Å²) in [6, 6.07) is 13.8. The van der Waals surface area contributed by atoms with Crippen molar-refractivity contribution in [2.75, 3.05) is 41.1 Å². The molecule has 29 heavy (non-hydrogen) atoms. The van der Waals surface area contributed by atoms with Crippen LogP contribution >= 0.6 is 0 Å². The molecule has 0 atom stereocenters. The summed E-state index contributed by atoms with van der Waals surface area (Å²) in [5.41, 5.74) is 2.18. The van der Waals surface area contributed by atoms with Gasteiger partial charge in [0.2, 0.25) is 0 Å². The molecule has 158 valence electrons. The van der Waals surface area contributed by atoms with Gasteiger partial charge in [0.15, 0.2) is 17.5 Å². The molecule has 2 aromatic carbocycles. The highest BCUT2D eigenvalue weighted by molar-refractivity contribution is 5.79. The number of rotatable bonds is 11. The van der Waals surface area contributed by atoms with Crippen molar-refractivity contribution in [2.24, 2.45) is 4.99 Å². The van der Waals surface area contributed by atoms with Gasteiger partial charge in [-0.1, -0.05) is 18.2 Å². The van der Waals surface area contributed by atoms with Gasteiger partial charge < -0.3 is 29.6 Å². The Balaban J connectivity index is 1.93. The van der Waals surface area contributed by atoms with Gasteiger partial charge in [0.05, 0.1) is 27.4 Å². The Hall–Kier alpha value is -2.93. The van der Waals surface area contributed by atoms with Crippen molar-refractivity contribution in [1.82, 2.24) is 10.6 Å². The Bertz CT molecular complexity index is 763. The molecule has 7 heteroatoms. The maximum Gasteiger partial charge on any atom is 0.191 e. The van der Waals surface area contributed by atoms with Crippen LogP contribution in [-0.2, 0) is 17.8 Å². The van der Waals surface area contributed by atoms with Gasteiger partial charge in [-0.2, -0.15) is 0 Å². The SMILES string of the molecule is CCNC(=NCc1ccc(OC)c(OC)c1)NCc1ccc(OCCOC)cc1. The maximum absolute atomic E-state index is 5.59. The molecule has 0 aliphatic carbocycles. The molecule has 0 aliphatic heterocycles. The van der Waals surface area contributed by atoms with Gasteiger partial charge in [0, 0.05) is 20.2 Å². The van der Waals surface area contributed by atoms with Crippen LogP contribution in [0.1, 0.15) is 18.1 Å². The molecule has 0 bridgehead atoms. The molecule has 0 radical (unpaired) electrons. The summed E-state index contributed by atoms with van der Waals surface area (Å²) in [6.45, 7) is 5.13. The summed E-state index contributed by atoms with van der Waals surface area (Å²) in [7, 11) is 4.92. The number of methoxy groups -OCH3 is 3. The van der Waals surface area contributed by atoms with Gasteiger partial charge in [-0.15, -0.1) is 0 Å². The van der Waals surface area contributed by atoms with Gasteiger partial charge in [0.25, 0.3) is 0 Å². The lowest BCUT2D eigenvalue weighted by Crippen LogP contribution is -2.36. The zero-order chi connectivity index (χ0) is 20.9. The van der Waals surface area contributed by atoms with Crippen molar-refractivity contribution >= 4 is 5.96 Å². The van der Waals surface area contributed by atoms with Gasteiger partial charge in [-0.3, -0.25) is 0 Å². The first-order chi connectivity index (χ1) is 14.2. The Morgan fingerprint density at radius 2 is 1.59 bits per heavy atom. The van der Waals surface area contributed by atoms with E-state index in [2.05, 4.69) is 15.6 Å². The van der Waals surface area contributed by atoms with Crippen LogP contribution in [0.5, 0.6) is 17.2 Å². The second-order valence-corrected chi connectivity index (χ2v) is 6.22. The average molecular weight is 402 g/mol. The van der Waals surface area contributed by atoms with E-state index in [0.717, 1.165) is 29.4 Å². The molecule has 2 rings (SSSR count). The number of benzene rings is 2. The number of nitrogens with zero attached hydrogens (tertiary/aromatic N) is 1. The van der Waals surface area contributed by atoms with Crippen LogP contribution in [0, 0.1) is 0 Å². The van der Waals surface area contributed by atoms with E-state index in [1.165, 1.54) is 0 Å². The van der Waals surface area contributed by atoms with E-state index in [4.69, 9.17) is 18.9 Å². The molecule has 2 N–H and O–H groups in total. The molecule has 0 saturated carbocycles. The monoisotopic (exact) mass is 401 g/mol. The Labute approximate surface area is 173 Å². The number of guanidine groups is 1. The maximum atomic E-state index is 5.59. The molecular formula is C22H31N3O4. The van der Waals surface area contributed by atoms with Gasteiger partial charge in [-0.25, -0.2) is 4.99 Å². The molecule has 0 fully saturated rings. The smallest absolute Gasteiger partial charge is 0.191 e. The number of aliphatic imine (C=N–C) groups is 1. The number of hydrogen-bond acceptors (Lipinski definition) is 5. The van der Waals surface area contributed by atoms with E-state index in [1.807, 2.05) is 49.4 Å². The highest BCUT2D eigenvalue weighted by Crippen LogP contribution is 2.27. The van der Waals surface area contributed by atoms with Crippen LogP contribution < -0.4 is 24.8 Å². The number of ether oxygens (including phenoxy) is 4. The van der Waals surface area contributed by atoms with Crippen molar-refractivity contribution in [3.8, 4) is 17.2 Å². The lowest BCUT2D eigenvalue weighted by Gasteiger charge is -2.13. The molecule has 0 saturated heterocycles. The molecule has 0 aromatic heterocycles. The Morgan fingerprint density at radius 3 is 2.24 bits per heavy atom. The second kappa shape index (κ2) is 12.5. The molecule has 0 amide bonds. The average Bonchev–Trinajstić information content (AvgIpc) is 2.76. The Morgan fingerprint density at radius 1 is 0.862 bits per heavy atom. The quantitative estimate of drug-likeness (QED) is 0.343. The summed E-state index contributed by atoms with van der Waals surface area (Å²) < 4.78 is 21.2. The standard InChI is InChI=1S/C22H31N3O4/c1-5-23-22(25-16-18-8-11-20(27-3)21(14-18)28-4)24-15-17-6-9-19(10-7-17)29-13-12-26-2/h6-11,14H,5,12-13,15-16H2,1-4H3,(H2,23,24,25). The molecule has 0 spiro atoms. The van der Waals surface area contributed by atoms with Crippen LogP contribution in [0.4, 0.5) is 0 Å². The summed E-state index contributed by atoms with van der Waals surface area (Å²) >= 11 is 0. The first-order valence-electron chi connectivity index (χ1n) is 9.64. The zero-order valence-corrected chi connectivity index (χ0v) is 17.7. The third-order valence-corrected chi connectivity index (χ3v) is 4.15. The van der Waals surface area contributed by atoms with Crippen molar-refractivity contribution in [1.29, 1.82) is 0 Å². The normalized spacial score (nSPS) is 11.1. The largest absolute Gasteiger partial charge is 0.493 e. The lowest BCUT2D eigenvalue weighted by molar-refractivity contribution is 0.146. The van der Waals surface area contributed by atoms with Gasteiger partial charge in [0.1, 0.15) is 12.4 Å². The van der Waals surface area contributed by atoms with E-state index >= 15 is 0 Å². The van der Waals surface area contributed by atoms with E-state index in [1.54, 1.807) is 21.3 Å². The summed E-state index contributed by atoms with van der Waals surface area (Å²) in [4.78, 5) is 4.66. The summed E-state index contributed by atoms with van der Waals surface area (Å²) in [6.07, 6.45) is 0. The van der Waals surface area contributed by atoms with Gasteiger partial charge >= 0.3 is 0 Å². The van der Waals surface area contributed by atoms with Crippen molar-refractivity contribution in [2.45, 2.75) is 20.0 Å². The molecule has 2 aromatic rings. The molecule has 0 aliphatic rings. The fourth-order valence-electron chi connectivity index (χ4n) is 2.62.